The van der Waals surface area contributed by atoms with Gasteiger partial charge in [0.15, 0.2) is 17.5 Å². The summed E-state index contributed by atoms with van der Waals surface area (Å²) in [5, 5.41) is 49.9. The van der Waals surface area contributed by atoms with Crippen LogP contribution in [-0.2, 0) is 16.0 Å². The van der Waals surface area contributed by atoms with Gasteiger partial charge in [-0.25, -0.2) is 17.9 Å². The van der Waals surface area contributed by atoms with Crippen molar-refractivity contribution in [3.05, 3.63) is 71.7 Å². The topological polar surface area (TPSA) is 141 Å². The molecule has 1 aromatic heterocycles. The number of rotatable bonds is 10. The Bertz CT molecular complexity index is 1310. The number of carbonyl (C=O) groups is 1. The van der Waals surface area contributed by atoms with Gasteiger partial charge in [-0.15, -0.1) is 16.9 Å². The number of hydrogen-bond donors (Lipinski definition) is 4. The van der Waals surface area contributed by atoms with Crippen molar-refractivity contribution in [1.82, 2.24) is 19.9 Å². The molecule has 41 heavy (non-hydrogen) atoms. The third kappa shape index (κ3) is 6.74. The first-order chi connectivity index (χ1) is 19.5. The molecule has 0 aliphatic carbocycles. The summed E-state index contributed by atoms with van der Waals surface area (Å²) in [6.07, 6.45) is -4.12. The van der Waals surface area contributed by atoms with Crippen molar-refractivity contribution in [2.75, 3.05) is 20.2 Å². The van der Waals surface area contributed by atoms with Gasteiger partial charge in [0.25, 0.3) is 0 Å². The van der Waals surface area contributed by atoms with E-state index in [4.69, 9.17) is 4.74 Å². The van der Waals surface area contributed by atoms with Gasteiger partial charge in [0.1, 0.15) is 40.7 Å². The van der Waals surface area contributed by atoms with Crippen LogP contribution in [0, 0.1) is 17.5 Å². The summed E-state index contributed by atoms with van der Waals surface area (Å²) in [5.41, 5.74) is -0.647. The van der Waals surface area contributed by atoms with Crippen molar-refractivity contribution in [2.24, 2.45) is 0 Å². The number of aliphatic hydroxyl groups excluding tert-OH is 4. The van der Waals surface area contributed by atoms with Gasteiger partial charge in [0.2, 0.25) is 5.91 Å². The number of halogens is 3. The van der Waals surface area contributed by atoms with Crippen molar-refractivity contribution in [1.29, 1.82) is 0 Å². The summed E-state index contributed by atoms with van der Waals surface area (Å²) < 4.78 is 47.8. The van der Waals surface area contributed by atoms with Gasteiger partial charge in [0, 0.05) is 19.2 Å². The fourth-order valence-electron chi connectivity index (χ4n) is 4.54. The van der Waals surface area contributed by atoms with Gasteiger partial charge in [-0.3, -0.25) is 4.79 Å². The smallest absolute Gasteiger partial charge is 0.238 e. The molecule has 3 aromatic rings. The summed E-state index contributed by atoms with van der Waals surface area (Å²) in [5.74, 6) is -4.92. The Morgan fingerprint density at radius 1 is 1.15 bits per heavy atom. The minimum Gasteiger partial charge on any atom is -0.394 e. The summed E-state index contributed by atoms with van der Waals surface area (Å²) in [6.45, 7) is 1.47. The number of thioether (sulfide) groups is 1. The largest absolute Gasteiger partial charge is 0.394 e. The van der Waals surface area contributed by atoms with E-state index in [0.29, 0.717) is 6.54 Å². The van der Waals surface area contributed by atoms with E-state index in [1.165, 1.54) is 11.1 Å². The first-order valence-electron chi connectivity index (χ1n) is 12.9. The minimum atomic E-state index is -1.64. The fourth-order valence-corrected chi connectivity index (χ4v) is 5.94. The van der Waals surface area contributed by atoms with Crippen molar-refractivity contribution < 1.29 is 43.1 Å². The van der Waals surface area contributed by atoms with E-state index < -0.39 is 71.1 Å². The average molecular weight is 597 g/mol. The van der Waals surface area contributed by atoms with Crippen LogP contribution in [0.5, 0.6) is 0 Å². The van der Waals surface area contributed by atoms with Crippen LogP contribution < -0.4 is 0 Å². The Kier molecular flexibility index (Phi) is 10.0. The molecule has 10 nitrogen and oxygen atoms in total. The van der Waals surface area contributed by atoms with Crippen LogP contribution in [0.25, 0.3) is 11.3 Å². The number of benzene rings is 2. The van der Waals surface area contributed by atoms with E-state index in [0.717, 1.165) is 34.1 Å². The molecule has 0 radical (unpaired) electrons. The molecule has 0 saturated carbocycles. The van der Waals surface area contributed by atoms with E-state index in [1.807, 2.05) is 6.07 Å². The molecule has 7 atom stereocenters. The first-order valence-corrected chi connectivity index (χ1v) is 13.8. The van der Waals surface area contributed by atoms with Crippen LogP contribution in [0.4, 0.5) is 13.2 Å². The molecule has 0 bridgehead atoms. The maximum absolute atomic E-state index is 13.8. The number of ether oxygens (including phenoxy) is 1. The van der Waals surface area contributed by atoms with Crippen LogP contribution in [0.2, 0.25) is 0 Å². The van der Waals surface area contributed by atoms with Crippen LogP contribution in [-0.4, -0.2) is 102 Å². The number of aliphatic hydroxyl groups is 4. The zero-order valence-electron chi connectivity index (χ0n) is 22.2. The third-order valence-corrected chi connectivity index (χ3v) is 8.42. The highest BCUT2D eigenvalue weighted by atomic mass is 32.2. The summed E-state index contributed by atoms with van der Waals surface area (Å²) in [7, 11) is 1.57. The molecule has 14 heteroatoms. The van der Waals surface area contributed by atoms with Crippen LogP contribution in [0.15, 0.2) is 48.7 Å². The molecule has 222 valence electrons. The quantitative estimate of drug-likeness (QED) is 0.257. The monoisotopic (exact) mass is 596 g/mol. The normalized spacial score (nSPS) is 24.2. The lowest BCUT2D eigenvalue weighted by atomic mass is 9.97. The molecule has 1 fully saturated rings. The molecule has 4 rings (SSSR count). The molecule has 2 heterocycles. The van der Waals surface area contributed by atoms with Gasteiger partial charge >= 0.3 is 0 Å². The van der Waals surface area contributed by atoms with Gasteiger partial charge in [0.05, 0.1) is 18.9 Å². The molecule has 0 spiro atoms. The van der Waals surface area contributed by atoms with Crippen molar-refractivity contribution in [3.8, 4) is 11.3 Å². The Hall–Kier alpha value is -3.01. The molecule has 1 aliphatic rings. The lowest BCUT2D eigenvalue weighted by molar-refractivity contribution is -0.178. The maximum atomic E-state index is 13.8. The van der Waals surface area contributed by atoms with E-state index in [9.17, 15) is 38.4 Å². The molecule has 1 aliphatic heterocycles. The van der Waals surface area contributed by atoms with Crippen LogP contribution in [0.3, 0.4) is 0 Å². The van der Waals surface area contributed by atoms with E-state index in [-0.39, 0.29) is 17.7 Å². The Morgan fingerprint density at radius 3 is 2.41 bits per heavy atom. The lowest BCUT2D eigenvalue weighted by Gasteiger charge is -2.43. The zero-order valence-corrected chi connectivity index (χ0v) is 23.0. The highest BCUT2D eigenvalue weighted by Gasteiger charge is 2.48. The molecular formula is C27H31F3N4O6S. The van der Waals surface area contributed by atoms with Gasteiger partial charge in [-0.2, -0.15) is 0 Å². The predicted octanol–water partition coefficient (Wildman–Crippen LogP) is 1.53. The summed E-state index contributed by atoms with van der Waals surface area (Å²) in [6, 6.07) is 9.22. The SMILES string of the molecule is CCN(C)C(=O)C(S[C@@H]1O[C@H](CO)[C@H](O)[C@H](n2cc(-c3cc(F)c(F)c(F)c3)nn2)[C@H]1O)C(O)Cc1ccccc1. The van der Waals surface area contributed by atoms with Crippen LogP contribution >= 0.6 is 11.8 Å². The number of carbonyl (C=O) groups excluding carboxylic acids is 1. The first kappa shape index (κ1) is 30.9. The molecule has 2 aromatic carbocycles. The molecule has 1 amide bonds. The minimum absolute atomic E-state index is 0.0747. The highest BCUT2D eigenvalue weighted by Crippen LogP contribution is 2.38. The standard InChI is InChI=1S/C27H31F3N4O6S/c1-3-33(2)26(39)25(19(36)9-14-7-5-4-6-8-14)41-27-24(38)22(23(37)20(13-35)40-27)34-12-18(31-32-34)15-10-16(28)21(30)17(29)11-15/h4-8,10-12,19-20,22-25,27,35-38H,3,9,13H2,1-2H3/t19?,20-,22+,23+,24-,25?,27+/m1/s1. The second kappa shape index (κ2) is 13.3. The van der Waals surface area contributed by atoms with Crippen LogP contribution in [0.1, 0.15) is 18.5 Å². The van der Waals surface area contributed by atoms with Gasteiger partial charge in [-0.1, -0.05) is 35.5 Å². The second-order valence-corrected chi connectivity index (χ2v) is 10.9. The highest BCUT2D eigenvalue weighted by molar-refractivity contribution is 8.01. The van der Waals surface area contributed by atoms with Crippen molar-refractivity contribution >= 4 is 17.7 Å². The molecular weight excluding hydrogens is 565 g/mol. The Labute approximate surface area is 238 Å². The third-order valence-electron chi connectivity index (χ3n) is 6.96. The fraction of sp³-hybridized carbons (Fsp3) is 0.444. The van der Waals surface area contributed by atoms with Gasteiger partial charge < -0.3 is 30.1 Å². The molecule has 1 saturated heterocycles. The van der Waals surface area contributed by atoms with E-state index in [2.05, 4.69) is 10.3 Å². The van der Waals surface area contributed by atoms with E-state index in [1.54, 1.807) is 38.2 Å². The maximum Gasteiger partial charge on any atom is 0.238 e. The molecule has 2 unspecified atom stereocenters. The number of aromatic nitrogens is 3. The summed E-state index contributed by atoms with van der Waals surface area (Å²) in [4.78, 5) is 14.7. The number of nitrogens with zero attached hydrogens (tertiary/aromatic N) is 4. The lowest BCUT2D eigenvalue weighted by Crippen LogP contribution is -2.56. The Balaban J connectivity index is 1.62. The predicted molar refractivity (Wildman–Crippen MR) is 143 cm³/mol. The number of hydrogen-bond acceptors (Lipinski definition) is 9. The zero-order chi connectivity index (χ0) is 29.8. The van der Waals surface area contributed by atoms with Gasteiger partial charge in [-0.05, 0) is 31.0 Å². The van der Waals surface area contributed by atoms with Crippen molar-refractivity contribution in [3.63, 3.8) is 0 Å². The second-order valence-electron chi connectivity index (χ2n) is 9.70. The number of amides is 1. The summed E-state index contributed by atoms with van der Waals surface area (Å²) >= 11 is 0.843. The average Bonchev–Trinajstić information content (AvgIpc) is 3.45. The Morgan fingerprint density at radius 2 is 1.80 bits per heavy atom. The van der Waals surface area contributed by atoms with Crippen molar-refractivity contribution in [2.45, 2.75) is 54.5 Å². The van der Waals surface area contributed by atoms with E-state index >= 15 is 0 Å². The molecule has 4 N–H and O–H groups in total.